The van der Waals surface area contributed by atoms with Crippen LogP contribution >= 0.6 is 0 Å². The Hall–Kier alpha value is -2.24. The van der Waals surface area contributed by atoms with Gasteiger partial charge < -0.3 is 19.7 Å². The highest BCUT2D eigenvalue weighted by Crippen LogP contribution is 2.31. The molecular weight excluding hydrogens is 296 g/mol. The molecular formula is C17H26N2O4. The molecule has 128 valence electrons. The van der Waals surface area contributed by atoms with Gasteiger partial charge in [-0.15, -0.1) is 0 Å². The van der Waals surface area contributed by atoms with Gasteiger partial charge in [0.15, 0.2) is 11.5 Å². The van der Waals surface area contributed by atoms with Crippen LogP contribution in [-0.2, 0) is 9.59 Å². The third kappa shape index (κ3) is 5.47. The lowest BCUT2D eigenvalue weighted by Gasteiger charge is -2.22. The van der Waals surface area contributed by atoms with E-state index in [2.05, 4.69) is 5.32 Å². The largest absolute Gasteiger partial charge is 0.493 e. The molecule has 0 aliphatic heterocycles. The molecule has 0 radical (unpaired) electrons. The van der Waals surface area contributed by atoms with Crippen LogP contribution in [0.1, 0.15) is 33.6 Å². The Kier molecular flexibility index (Phi) is 7.38. The highest BCUT2D eigenvalue weighted by atomic mass is 16.5. The van der Waals surface area contributed by atoms with Crippen molar-refractivity contribution in [3.63, 3.8) is 0 Å². The van der Waals surface area contributed by atoms with Gasteiger partial charge in [-0.2, -0.15) is 0 Å². The topological polar surface area (TPSA) is 67.9 Å². The first kappa shape index (κ1) is 18.8. The minimum absolute atomic E-state index is 0.0638. The van der Waals surface area contributed by atoms with E-state index in [9.17, 15) is 9.59 Å². The average molecular weight is 322 g/mol. The summed E-state index contributed by atoms with van der Waals surface area (Å²) in [4.78, 5) is 25.4. The number of ether oxygens (including phenoxy) is 2. The fourth-order valence-electron chi connectivity index (χ4n) is 2.12. The van der Waals surface area contributed by atoms with E-state index in [1.54, 1.807) is 37.3 Å². The molecule has 1 rings (SSSR count). The molecule has 1 N–H and O–H groups in total. The molecule has 23 heavy (non-hydrogen) atoms. The average Bonchev–Trinajstić information content (AvgIpc) is 2.54. The first-order valence-electron chi connectivity index (χ1n) is 7.72. The van der Waals surface area contributed by atoms with Crippen LogP contribution in [0.15, 0.2) is 18.2 Å². The summed E-state index contributed by atoms with van der Waals surface area (Å²) in [5.74, 6) is 0.939. The van der Waals surface area contributed by atoms with Crippen molar-refractivity contribution in [1.82, 2.24) is 5.32 Å². The number of methoxy groups -OCH3 is 2. The third-order valence-corrected chi connectivity index (χ3v) is 3.64. The number of benzene rings is 1. The number of anilines is 1. The highest BCUT2D eigenvalue weighted by molar-refractivity contribution is 5.92. The Balaban J connectivity index is 2.83. The van der Waals surface area contributed by atoms with Crippen molar-refractivity contribution in [2.45, 2.75) is 39.7 Å². The summed E-state index contributed by atoms with van der Waals surface area (Å²) in [5, 5.41) is 2.89. The molecule has 0 aromatic heterocycles. The van der Waals surface area contributed by atoms with Gasteiger partial charge in [-0.3, -0.25) is 9.59 Å². The molecule has 1 aromatic carbocycles. The number of nitrogens with one attached hydrogen (secondary N) is 1. The maximum atomic E-state index is 11.9. The molecule has 0 fully saturated rings. The number of carbonyl (C=O) groups is 2. The molecule has 6 heteroatoms. The fourth-order valence-corrected chi connectivity index (χ4v) is 2.12. The van der Waals surface area contributed by atoms with E-state index in [-0.39, 0.29) is 24.3 Å². The second kappa shape index (κ2) is 9.02. The number of carbonyl (C=O) groups excluding carboxylic acids is 2. The number of hydrogen-bond donors (Lipinski definition) is 1. The van der Waals surface area contributed by atoms with Crippen LogP contribution in [0.25, 0.3) is 0 Å². The van der Waals surface area contributed by atoms with Crippen molar-refractivity contribution in [1.29, 1.82) is 0 Å². The van der Waals surface area contributed by atoms with Crippen molar-refractivity contribution in [3.05, 3.63) is 18.2 Å². The maximum absolute atomic E-state index is 11.9. The summed E-state index contributed by atoms with van der Waals surface area (Å²) in [5.41, 5.74) is 0.673. The minimum Gasteiger partial charge on any atom is -0.493 e. The zero-order chi connectivity index (χ0) is 17.4. The predicted molar refractivity (Wildman–Crippen MR) is 90.1 cm³/mol. The lowest BCUT2D eigenvalue weighted by molar-refractivity contribution is -0.121. The number of hydrogen-bond acceptors (Lipinski definition) is 4. The van der Waals surface area contributed by atoms with Gasteiger partial charge in [0, 0.05) is 37.7 Å². The zero-order valence-corrected chi connectivity index (χ0v) is 14.5. The van der Waals surface area contributed by atoms with Crippen molar-refractivity contribution in [2.24, 2.45) is 0 Å². The van der Waals surface area contributed by atoms with Gasteiger partial charge in [0.05, 0.1) is 14.2 Å². The molecule has 0 bridgehead atoms. The second-order valence-corrected chi connectivity index (χ2v) is 5.34. The molecule has 0 saturated carbocycles. The van der Waals surface area contributed by atoms with Crippen molar-refractivity contribution in [3.8, 4) is 11.5 Å². The third-order valence-electron chi connectivity index (χ3n) is 3.64. The van der Waals surface area contributed by atoms with Crippen LogP contribution < -0.4 is 19.7 Å². The summed E-state index contributed by atoms with van der Waals surface area (Å²) in [6.07, 6.45) is 1.12. The van der Waals surface area contributed by atoms with Crippen LogP contribution in [0.4, 0.5) is 5.69 Å². The Labute approximate surface area is 137 Å². The van der Waals surface area contributed by atoms with E-state index in [0.29, 0.717) is 23.7 Å². The van der Waals surface area contributed by atoms with E-state index in [1.165, 1.54) is 6.92 Å². The van der Waals surface area contributed by atoms with Gasteiger partial charge in [-0.1, -0.05) is 6.92 Å². The number of nitrogens with zero attached hydrogens (tertiary/aromatic N) is 1. The molecule has 0 saturated heterocycles. The lowest BCUT2D eigenvalue weighted by Crippen LogP contribution is -2.36. The second-order valence-electron chi connectivity index (χ2n) is 5.34. The van der Waals surface area contributed by atoms with Gasteiger partial charge in [0.25, 0.3) is 0 Å². The van der Waals surface area contributed by atoms with Crippen LogP contribution in [-0.4, -0.2) is 38.6 Å². The minimum atomic E-state index is -0.131. The smallest absolute Gasteiger partial charge is 0.223 e. The summed E-state index contributed by atoms with van der Waals surface area (Å²) < 4.78 is 10.5. The van der Waals surface area contributed by atoms with Crippen molar-refractivity contribution in [2.75, 3.05) is 25.7 Å². The SMILES string of the molecule is CCC(C)NC(=O)CCN(C(C)=O)c1ccc(OC)c(OC)c1. The lowest BCUT2D eigenvalue weighted by atomic mass is 10.2. The molecule has 6 nitrogen and oxygen atoms in total. The van der Waals surface area contributed by atoms with E-state index >= 15 is 0 Å². The summed E-state index contributed by atoms with van der Waals surface area (Å²) in [7, 11) is 3.10. The molecule has 0 aliphatic carbocycles. The Bertz CT molecular complexity index is 545. The molecule has 0 aliphatic rings. The van der Waals surface area contributed by atoms with Crippen LogP contribution in [0, 0.1) is 0 Å². The van der Waals surface area contributed by atoms with Crippen molar-refractivity contribution < 1.29 is 19.1 Å². The number of amides is 2. The van der Waals surface area contributed by atoms with Gasteiger partial charge in [-0.25, -0.2) is 0 Å². The molecule has 0 spiro atoms. The van der Waals surface area contributed by atoms with Gasteiger partial charge >= 0.3 is 0 Å². The first-order valence-corrected chi connectivity index (χ1v) is 7.72. The predicted octanol–water partition coefficient (Wildman–Crippen LogP) is 2.36. The molecule has 1 atom stereocenters. The monoisotopic (exact) mass is 322 g/mol. The maximum Gasteiger partial charge on any atom is 0.223 e. The molecule has 1 unspecified atom stereocenters. The first-order chi connectivity index (χ1) is 10.9. The summed E-state index contributed by atoms with van der Waals surface area (Å²) >= 11 is 0. The molecule has 0 heterocycles. The van der Waals surface area contributed by atoms with Crippen molar-refractivity contribution >= 4 is 17.5 Å². The Morgan fingerprint density at radius 2 is 1.87 bits per heavy atom. The Morgan fingerprint density at radius 1 is 1.22 bits per heavy atom. The number of rotatable bonds is 8. The van der Waals surface area contributed by atoms with Crippen LogP contribution in [0.2, 0.25) is 0 Å². The van der Waals surface area contributed by atoms with Gasteiger partial charge in [0.2, 0.25) is 11.8 Å². The van der Waals surface area contributed by atoms with E-state index < -0.39 is 0 Å². The van der Waals surface area contributed by atoms with Crippen LogP contribution in [0.5, 0.6) is 11.5 Å². The van der Waals surface area contributed by atoms with Crippen LogP contribution in [0.3, 0.4) is 0 Å². The van der Waals surface area contributed by atoms with Gasteiger partial charge in [-0.05, 0) is 25.5 Å². The zero-order valence-electron chi connectivity index (χ0n) is 14.5. The van der Waals surface area contributed by atoms with E-state index in [4.69, 9.17) is 9.47 Å². The molecule has 1 aromatic rings. The standard InChI is InChI=1S/C17H26N2O4/c1-6-12(2)18-17(21)9-10-19(13(3)20)14-7-8-15(22-4)16(11-14)23-5/h7-8,11-12H,6,9-10H2,1-5H3,(H,18,21). The fraction of sp³-hybridized carbons (Fsp3) is 0.529. The Morgan fingerprint density at radius 3 is 2.39 bits per heavy atom. The summed E-state index contributed by atoms with van der Waals surface area (Å²) in [6.45, 7) is 5.75. The molecule has 2 amide bonds. The van der Waals surface area contributed by atoms with E-state index in [1.807, 2.05) is 13.8 Å². The van der Waals surface area contributed by atoms with Gasteiger partial charge in [0.1, 0.15) is 0 Å². The van der Waals surface area contributed by atoms with E-state index in [0.717, 1.165) is 6.42 Å². The highest BCUT2D eigenvalue weighted by Gasteiger charge is 2.16. The quantitative estimate of drug-likeness (QED) is 0.798. The summed E-state index contributed by atoms with van der Waals surface area (Å²) in [6, 6.07) is 5.38. The normalized spacial score (nSPS) is 11.5.